The molecule has 1 aliphatic rings. The number of esters is 1. The van der Waals surface area contributed by atoms with Crippen LogP contribution in [0.15, 0.2) is 24.3 Å². The third-order valence-corrected chi connectivity index (χ3v) is 5.92. The summed E-state index contributed by atoms with van der Waals surface area (Å²) in [6, 6.07) is 6.41. The molecule has 0 aromatic heterocycles. The third-order valence-electron chi connectivity index (χ3n) is 3.80. The molecule has 1 aliphatic heterocycles. The molecule has 126 valence electrons. The van der Waals surface area contributed by atoms with E-state index in [1.54, 1.807) is 24.3 Å². The highest BCUT2D eigenvalue weighted by atomic mass is 35.5. The van der Waals surface area contributed by atoms with Crippen molar-refractivity contribution in [2.45, 2.75) is 18.9 Å². The van der Waals surface area contributed by atoms with E-state index in [0.29, 0.717) is 17.0 Å². The average molecular weight is 360 g/mol. The van der Waals surface area contributed by atoms with E-state index in [4.69, 9.17) is 11.6 Å². The van der Waals surface area contributed by atoms with Crippen molar-refractivity contribution in [1.82, 2.24) is 4.90 Å². The van der Waals surface area contributed by atoms with Gasteiger partial charge in [0.1, 0.15) is 6.54 Å². The Hall–Kier alpha value is -1.60. The van der Waals surface area contributed by atoms with Gasteiger partial charge in [-0.3, -0.25) is 9.59 Å². The molecule has 23 heavy (non-hydrogen) atoms. The van der Waals surface area contributed by atoms with E-state index in [1.807, 2.05) is 0 Å². The van der Waals surface area contributed by atoms with Crippen molar-refractivity contribution in [3.63, 3.8) is 0 Å². The summed E-state index contributed by atoms with van der Waals surface area (Å²) < 4.78 is 27.9. The Labute approximate surface area is 140 Å². The minimum Gasteiger partial charge on any atom is -0.468 e. The molecule has 0 bridgehead atoms. The van der Waals surface area contributed by atoms with Gasteiger partial charge in [0.2, 0.25) is 5.91 Å². The standard InChI is InChI=1S/C15H18ClNO5S/c1-22-15(19)9-17(12-6-7-23(20,21)10-12)14(18)8-11-4-2-3-5-13(11)16/h2-5,12H,6-10H2,1H3. The van der Waals surface area contributed by atoms with Gasteiger partial charge in [-0.05, 0) is 18.1 Å². The largest absolute Gasteiger partial charge is 0.468 e. The molecule has 0 N–H and O–H groups in total. The van der Waals surface area contributed by atoms with E-state index < -0.39 is 21.8 Å². The van der Waals surface area contributed by atoms with Crippen LogP contribution in [0.2, 0.25) is 5.02 Å². The van der Waals surface area contributed by atoms with E-state index in [-0.39, 0.29) is 30.4 Å². The molecule has 1 aromatic carbocycles. The SMILES string of the molecule is COC(=O)CN(C(=O)Cc1ccccc1Cl)C1CCS(=O)(=O)C1. The lowest BCUT2D eigenvalue weighted by atomic mass is 10.1. The zero-order valence-corrected chi connectivity index (χ0v) is 14.3. The van der Waals surface area contributed by atoms with Crippen LogP contribution in [0.4, 0.5) is 0 Å². The average Bonchev–Trinajstić information content (AvgIpc) is 2.86. The van der Waals surface area contributed by atoms with Crippen LogP contribution in [-0.4, -0.2) is 56.4 Å². The van der Waals surface area contributed by atoms with Crippen molar-refractivity contribution < 1.29 is 22.7 Å². The molecule has 1 atom stereocenters. The van der Waals surface area contributed by atoms with Crippen molar-refractivity contribution in [1.29, 1.82) is 0 Å². The van der Waals surface area contributed by atoms with Crippen LogP contribution in [0.3, 0.4) is 0 Å². The second-order valence-electron chi connectivity index (χ2n) is 5.42. The summed E-state index contributed by atoms with van der Waals surface area (Å²) in [5, 5.41) is 0.456. The Bertz CT molecular complexity index is 704. The van der Waals surface area contributed by atoms with Crippen LogP contribution >= 0.6 is 11.6 Å². The highest BCUT2D eigenvalue weighted by molar-refractivity contribution is 7.91. The van der Waals surface area contributed by atoms with Crippen LogP contribution in [0.1, 0.15) is 12.0 Å². The Kier molecular flexibility index (Phi) is 5.64. The summed E-state index contributed by atoms with van der Waals surface area (Å²) in [4.78, 5) is 25.4. The van der Waals surface area contributed by atoms with Crippen LogP contribution in [0, 0.1) is 0 Å². The Morgan fingerprint density at radius 1 is 1.35 bits per heavy atom. The van der Waals surface area contributed by atoms with Gasteiger partial charge in [-0.25, -0.2) is 8.42 Å². The van der Waals surface area contributed by atoms with Crippen LogP contribution in [0.5, 0.6) is 0 Å². The van der Waals surface area contributed by atoms with Gasteiger partial charge < -0.3 is 9.64 Å². The summed E-state index contributed by atoms with van der Waals surface area (Å²) >= 11 is 6.05. The third kappa shape index (κ3) is 4.68. The van der Waals surface area contributed by atoms with Crippen molar-refractivity contribution in [3.05, 3.63) is 34.9 Å². The molecule has 0 spiro atoms. The maximum atomic E-state index is 12.6. The van der Waals surface area contributed by atoms with E-state index in [0.717, 1.165) is 0 Å². The number of amides is 1. The maximum absolute atomic E-state index is 12.6. The number of carbonyl (C=O) groups is 2. The molecule has 2 rings (SSSR count). The zero-order valence-electron chi connectivity index (χ0n) is 12.7. The van der Waals surface area contributed by atoms with Gasteiger partial charge in [0.05, 0.1) is 25.0 Å². The number of nitrogens with zero attached hydrogens (tertiary/aromatic N) is 1. The van der Waals surface area contributed by atoms with Crippen molar-refractivity contribution in [2.24, 2.45) is 0 Å². The fourth-order valence-electron chi connectivity index (χ4n) is 2.55. The lowest BCUT2D eigenvalue weighted by Gasteiger charge is -2.27. The fourth-order valence-corrected chi connectivity index (χ4v) is 4.49. The van der Waals surface area contributed by atoms with Gasteiger partial charge in [-0.2, -0.15) is 0 Å². The number of rotatable bonds is 5. The minimum absolute atomic E-state index is 0.00716. The molecule has 1 aromatic rings. The summed E-state index contributed by atoms with van der Waals surface area (Å²) in [7, 11) is -1.94. The second-order valence-corrected chi connectivity index (χ2v) is 8.06. The molecule has 1 saturated heterocycles. The normalized spacial score (nSPS) is 19.3. The number of sulfone groups is 1. The van der Waals surface area contributed by atoms with Crippen LogP contribution in [0.25, 0.3) is 0 Å². The molecule has 0 radical (unpaired) electrons. The van der Waals surface area contributed by atoms with Crippen molar-refractivity contribution >= 4 is 33.3 Å². The molecule has 1 fully saturated rings. The first-order chi connectivity index (χ1) is 10.8. The number of ether oxygens (including phenoxy) is 1. The van der Waals surface area contributed by atoms with Gasteiger partial charge in [-0.1, -0.05) is 29.8 Å². The van der Waals surface area contributed by atoms with Crippen LogP contribution in [-0.2, 0) is 30.6 Å². The number of halogens is 1. The number of carbonyl (C=O) groups excluding carboxylic acids is 2. The van der Waals surface area contributed by atoms with E-state index >= 15 is 0 Å². The number of hydrogen-bond acceptors (Lipinski definition) is 5. The van der Waals surface area contributed by atoms with E-state index in [2.05, 4.69) is 4.74 Å². The van der Waals surface area contributed by atoms with Gasteiger partial charge in [0, 0.05) is 11.1 Å². The lowest BCUT2D eigenvalue weighted by molar-refractivity contribution is -0.148. The lowest BCUT2D eigenvalue weighted by Crippen LogP contribution is -2.45. The Morgan fingerprint density at radius 3 is 2.61 bits per heavy atom. The molecule has 0 saturated carbocycles. The molecule has 1 heterocycles. The van der Waals surface area contributed by atoms with Gasteiger partial charge in [0.25, 0.3) is 0 Å². The smallest absolute Gasteiger partial charge is 0.325 e. The second kappa shape index (κ2) is 7.31. The van der Waals surface area contributed by atoms with Gasteiger partial charge >= 0.3 is 5.97 Å². The molecule has 6 nitrogen and oxygen atoms in total. The number of hydrogen-bond donors (Lipinski definition) is 0. The zero-order chi connectivity index (χ0) is 17.0. The summed E-state index contributed by atoms with van der Waals surface area (Å²) in [5.74, 6) is -1.03. The maximum Gasteiger partial charge on any atom is 0.325 e. The summed E-state index contributed by atoms with van der Waals surface area (Å²) in [5.41, 5.74) is 0.634. The summed E-state index contributed by atoms with van der Waals surface area (Å²) in [6.07, 6.45) is 0.334. The first-order valence-corrected chi connectivity index (χ1v) is 9.32. The molecule has 1 amide bonds. The molecular weight excluding hydrogens is 342 g/mol. The number of benzene rings is 1. The predicted molar refractivity (Wildman–Crippen MR) is 85.9 cm³/mol. The van der Waals surface area contributed by atoms with E-state index in [1.165, 1.54) is 12.0 Å². The highest BCUT2D eigenvalue weighted by Gasteiger charge is 2.35. The minimum atomic E-state index is -3.17. The highest BCUT2D eigenvalue weighted by Crippen LogP contribution is 2.21. The first-order valence-electron chi connectivity index (χ1n) is 7.12. The molecule has 0 aliphatic carbocycles. The number of methoxy groups -OCH3 is 1. The monoisotopic (exact) mass is 359 g/mol. The fraction of sp³-hybridized carbons (Fsp3) is 0.467. The topological polar surface area (TPSA) is 80.8 Å². The van der Waals surface area contributed by atoms with Gasteiger partial charge in [-0.15, -0.1) is 0 Å². The van der Waals surface area contributed by atoms with E-state index in [9.17, 15) is 18.0 Å². The molecule has 8 heteroatoms. The van der Waals surface area contributed by atoms with Gasteiger partial charge in [0.15, 0.2) is 9.84 Å². The van der Waals surface area contributed by atoms with Crippen LogP contribution < -0.4 is 0 Å². The summed E-state index contributed by atoms with van der Waals surface area (Å²) in [6.45, 7) is -0.264. The van der Waals surface area contributed by atoms with Crippen molar-refractivity contribution in [3.8, 4) is 0 Å². The molecular formula is C15H18ClNO5S. The first kappa shape index (κ1) is 17.7. The Balaban J connectivity index is 2.17. The predicted octanol–water partition coefficient (Wildman–Crippen LogP) is 1.07. The quantitative estimate of drug-likeness (QED) is 0.735. The van der Waals surface area contributed by atoms with Crippen molar-refractivity contribution in [2.75, 3.05) is 25.2 Å². The molecule has 1 unspecified atom stereocenters. The Morgan fingerprint density at radius 2 is 2.04 bits per heavy atom.